The molecule has 3 rings (SSSR count). The zero-order valence-corrected chi connectivity index (χ0v) is 18.3. The summed E-state index contributed by atoms with van der Waals surface area (Å²) in [5, 5.41) is 3.22. The number of amides is 1. The smallest absolute Gasteiger partial charge is 0.264 e. The molecule has 1 aliphatic rings. The number of carbonyl (C=O) groups excluding carboxylic acids is 1. The summed E-state index contributed by atoms with van der Waals surface area (Å²) < 4.78 is 33.7. The lowest BCUT2D eigenvalue weighted by Gasteiger charge is -2.35. The quantitative estimate of drug-likeness (QED) is 0.747. The summed E-state index contributed by atoms with van der Waals surface area (Å²) in [5.41, 5.74) is 1.28. The number of benzene rings is 2. The molecule has 1 heterocycles. The van der Waals surface area contributed by atoms with Gasteiger partial charge in [-0.3, -0.25) is 9.10 Å². The van der Waals surface area contributed by atoms with E-state index in [0.29, 0.717) is 28.9 Å². The van der Waals surface area contributed by atoms with Crippen molar-refractivity contribution in [2.45, 2.75) is 38.2 Å². The standard InChI is InChI=1S/C21H25ClN2O4S/c1-14(2)10-11-23-21(25)20-13-24(18-12-16(22)6-9-19(18)28-20)29(26,27)17-7-4-15(3)5-8-17/h4-9,12,14,20H,10-11,13H2,1-3H3,(H,23,25)/t20-/m1/s1. The monoisotopic (exact) mass is 436 g/mol. The van der Waals surface area contributed by atoms with Crippen molar-refractivity contribution >= 4 is 33.2 Å². The Morgan fingerprint density at radius 2 is 1.93 bits per heavy atom. The molecule has 0 unspecified atom stereocenters. The zero-order valence-electron chi connectivity index (χ0n) is 16.7. The van der Waals surface area contributed by atoms with E-state index < -0.39 is 16.1 Å². The molecule has 1 aliphatic heterocycles. The Hall–Kier alpha value is -2.25. The van der Waals surface area contributed by atoms with E-state index in [-0.39, 0.29) is 17.3 Å². The fraction of sp³-hybridized carbons (Fsp3) is 0.381. The van der Waals surface area contributed by atoms with E-state index >= 15 is 0 Å². The van der Waals surface area contributed by atoms with Crippen molar-refractivity contribution < 1.29 is 17.9 Å². The van der Waals surface area contributed by atoms with Gasteiger partial charge < -0.3 is 10.1 Å². The van der Waals surface area contributed by atoms with Gasteiger partial charge >= 0.3 is 0 Å². The molecule has 0 fully saturated rings. The van der Waals surface area contributed by atoms with Gasteiger partial charge in [-0.15, -0.1) is 0 Å². The van der Waals surface area contributed by atoms with Crippen LogP contribution in [-0.4, -0.2) is 33.5 Å². The van der Waals surface area contributed by atoms with E-state index in [4.69, 9.17) is 16.3 Å². The van der Waals surface area contributed by atoms with Gasteiger partial charge in [0.2, 0.25) is 0 Å². The first-order valence-electron chi connectivity index (χ1n) is 9.52. The van der Waals surface area contributed by atoms with Crippen molar-refractivity contribution in [2.75, 3.05) is 17.4 Å². The van der Waals surface area contributed by atoms with Gasteiger partial charge in [-0.2, -0.15) is 0 Å². The van der Waals surface area contributed by atoms with Crippen LogP contribution >= 0.6 is 11.6 Å². The molecule has 0 aromatic heterocycles. The topological polar surface area (TPSA) is 75.7 Å². The number of aryl methyl sites for hydroxylation is 1. The van der Waals surface area contributed by atoms with Gasteiger partial charge in [0.1, 0.15) is 5.75 Å². The summed E-state index contributed by atoms with van der Waals surface area (Å²) >= 11 is 6.10. The van der Waals surface area contributed by atoms with E-state index in [0.717, 1.165) is 12.0 Å². The summed E-state index contributed by atoms with van der Waals surface area (Å²) in [6.07, 6.45) is -0.119. The third-order valence-electron chi connectivity index (χ3n) is 4.71. The van der Waals surface area contributed by atoms with E-state index in [2.05, 4.69) is 19.2 Å². The molecule has 6 nitrogen and oxygen atoms in total. The van der Waals surface area contributed by atoms with Gasteiger partial charge in [-0.25, -0.2) is 8.42 Å². The second kappa shape index (κ2) is 8.63. The molecule has 1 atom stereocenters. The predicted octanol–water partition coefficient (Wildman–Crippen LogP) is 3.77. The summed E-state index contributed by atoms with van der Waals surface area (Å²) in [6.45, 7) is 6.40. The minimum Gasteiger partial charge on any atom is -0.476 e. The molecule has 0 saturated carbocycles. The van der Waals surface area contributed by atoms with Gasteiger partial charge in [0, 0.05) is 11.6 Å². The van der Waals surface area contributed by atoms with Crippen LogP contribution in [-0.2, 0) is 14.8 Å². The van der Waals surface area contributed by atoms with Crippen molar-refractivity contribution in [1.82, 2.24) is 5.32 Å². The molecule has 0 spiro atoms. The summed E-state index contributed by atoms with van der Waals surface area (Å²) in [4.78, 5) is 12.8. The van der Waals surface area contributed by atoms with Crippen LogP contribution in [0.2, 0.25) is 5.02 Å². The Bertz CT molecular complexity index is 990. The lowest BCUT2D eigenvalue weighted by atomic mass is 10.1. The number of rotatable bonds is 6. The number of nitrogens with zero attached hydrogens (tertiary/aromatic N) is 1. The molecule has 1 amide bonds. The van der Waals surface area contributed by atoms with E-state index in [1.165, 1.54) is 10.4 Å². The lowest BCUT2D eigenvalue weighted by molar-refractivity contribution is -0.127. The van der Waals surface area contributed by atoms with Gasteiger partial charge in [0.15, 0.2) is 6.10 Å². The molecule has 1 N–H and O–H groups in total. The second-order valence-corrected chi connectivity index (χ2v) is 9.84. The highest BCUT2D eigenvalue weighted by Crippen LogP contribution is 2.38. The van der Waals surface area contributed by atoms with E-state index in [9.17, 15) is 13.2 Å². The number of fused-ring (bicyclic) bond motifs is 1. The van der Waals surface area contributed by atoms with Crippen molar-refractivity contribution in [3.05, 3.63) is 53.1 Å². The van der Waals surface area contributed by atoms with Crippen molar-refractivity contribution in [3.63, 3.8) is 0 Å². The summed E-state index contributed by atoms with van der Waals surface area (Å²) in [7, 11) is -3.89. The molecule has 0 saturated heterocycles. The number of hydrogen-bond donors (Lipinski definition) is 1. The number of nitrogens with one attached hydrogen (secondary N) is 1. The van der Waals surface area contributed by atoms with Crippen LogP contribution in [0.25, 0.3) is 0 Å². The highest BCUT2D eigenvalue weighted by Gasteiger charge is 2.37. The maximum absolute atomic E-state index is 13.3. The third-order valence-corrected chi connectivity index (χ3v) is 6.74. The number of sulfonamides is 1. The fourth-order valence-corrected chi connectivity index (χ4v) is 4.66. The number of carbonyl (C=O) groups is 1. The number of anilines is 1. The molecule has 2 aromatic rings. The molecular weight excluding hydrogens is 412 g/mol. The minimum atomic E-state index is -3.89. The normalized spacial score (nSPS) is 16.3. The van der Waals surface area contributed by atoms with Crippen LogP contribution in [0.4, 0.5) is 5.69 Å². The van der Waals surface area contributed by atoms with Crippen LogP contribution in [0, 0.1) is 12.8 Å². The van der Waals surface area contributed by atoms with Crippen LogP contribution in [0.3, 0.4) is 0 Å². The Labute approximate surface area is 176 Å². The molecule has 0 aliphatic carbocycles. The van der Waals surface area contributed by atoms with Crippen molar-refractivity contribution in [2.24, 2.45) is 5.92 Å². The first-order valence-corrected chi connectivity index (χ1v) is 11.3. The third kappa shape index (κ3) is 4.85. The summed E-state index contributed by atoms with van der Waals surface area (Å²) in [5.74, 6) is 0.416. The Balaban J connectivity index is 1.93. The molecule has 2 aromatic carbocycles. The molecule has 0 radical (unpaired) electrons. The average molecular weight is 437 g/mol. The van der Waals surface area contributed by atoms with Crippen LogP contribution in [0.15, 0.2) is 47.4 Å². The van der Waals surface area contributed by atoms with Crippen molar-refractivity contribution in [3.8, 4) is 5.75 Å². The van der Waals surface area contributed by atoms with E-state index in [1.54, 1.807) is 36.4 Å². The first kappa shape index (κ1) is 21.5. The maximum Gasteiger partial charge on any atom is 0.264 e. The number of ether oxygens (including phenoxy) is 1. The van der Waals surface area contributed by atoms with Gasteiger partial charge in [-0.1, -0.05) is 43.1 Å². The lowest BCUT2D eigenvalue weighted by Crippen LogP contribution is -2.50. The van der Waals surface area contributed by atoms with Gasteiger partial charge in [0.05, 0.1) is 17.1 Å². The second-order valence-electron chi connectivity index (χ2n) is 7.54. The largest absolute Gasteiger partial charge is 0.476 e. The SMILES string of the molecule is Cc1ccc(S(=O)(=O)N2C[C@H](C(=O)NCCC(C)C)Oc3ccc(Cl)cc32)cc1. The molecule has 29 heavy (non-hydrogen) atoms. The van der Waals surface area contributed by atoms with Crippen LogP contribution in [0.5, 0.6) is 5.75 Å². The Morgan fingerprint density at radius 3 is 2.59 bits per heavy atom. The first-order chi connectivity index (χ1) is 13.7. The average Bonchev–Trinajstić information content (AvgIpc) is 2.67. The molecule has 156 valence electrons. The van der Waals surface area contributed by atoms with Crippen LogP contribution < -0.4 is 14.4 Å². The fourth-order valence-electron chi connectivity index (χ4n) is 3.02. The maximum atomic E-state index is 13.3. The zero-order chi connectivity index (χ0) is 21.2. The number of halogens is 1. The Morgan fingerprint density at radius 1 is 1.24 bits per heavy atom. The highest BCUT2D eigenvalue weighted by molar-refractivity contribution is 7.92. The van der Waals surface area contributed by atoms with E-state index in [1.807, 2.05) is 6.92 Å². The van der Waals surface area contributed by atoms with Gasteiger partial charge in [-0.05, 0) is 49.6 Å². The minimum absolute atomic E-state index is 0.128. The molecule has 8 heteroatoms. The number of hydrogen-bond acceptors (Lipinski definition) is 4. The predicted molar refractivity (Wildman–Crippen MR) is 114 cm³/mol. The highest BCUT2D eigenvalue weighted by atomic mass is 35.5. The summed E-state index contributed by atoms with van der Waals surface area (Å²) in [6, 6.07) is 11.3. The molecular formula is C21H25ClN2O4S. The van der Waals surface area contributed by atoms with Crippen molar-refractivity contribution in [1.29, 1.82) is 0 Å². The van der Waals surface area contributed by atoms with Gasteiger partial charge in [0.25, 0.3) is 15.9 Å². The van der Waals surface area contributed by atoms with Crippen LogP contribution in [0.1, 0.15) is 25.8 Å². The molecule has 0 bridgehead atoms. The Kier molecular flexibility index (Phi) is 6.39.